The Morgan fingerprint density at radius 1 is 1.23 bits per heavy atom. The molecule has 2 saturated heterocycles. The van der Waals surface area contributed by atoms with Gasteiger partial charge in [-0.25, -0.2) is 0 Å². The number of ether oxygens (including phenoxy) is 2. The molecule has 2 aliphatic rings. The first kappa shape index (κ1) is 20.7. The molecule has 0 aliphatic carbocycles. The number of hydrogen-bond acceptors (Lipinski definition) is 7. The lowest BCUT2D eigenvalue weighted by Gasteiger charge is -2.32. The molecule has 1 amide bonds. The van der Waals surface area contributed by atoms with Crippen LogP contribution >= 0.6 is 0 Å². The van der Waals surface area contributed by atoms with Gasteiger partial charge in [-0.2, -0.15) is 4.98 Å². The lowest BCUT2D eigenvalue weighted by Crippen LogP contribution is -2.47. The molecule has 1 aromatic heterocycles. The van der Waals surface area contributed by atoms with Crippen molar-refractivity contribution in [3.05, 3.63) is 24.1 Å². The van der Waals surface area contributed by atoms with Gasteiger partial charge in [0.2, 0.25) is 17.6 Å². The number of rotatable bonds is 6. The van der Waals surface area contributed by atoms with Crippen molar-refractivity contribution in [3.63, 3.8) is 0 Å². The van der Waals surface area contributed by atoms with Gasteiger partial charge in [0.1, 0.15) is 0 Å². The van der Waals surface area contributed by atoms with Gasteiger partial charge in [0.25, 0.3) is 0 Å². The zero-order valence-electron chi connectivity index (χ0n) is 17.9. The Kier molecular flexibility index (Phi) is 6.22. The third-order valence-electron chi connectivity index (χ3n) is 5.99. The molecule has 8 heteroatoms. The van der Waals surface area contributed by atoms with Crippen molar-refractivity contribution in [2.75, 3.05) is 26.8 Å². The monoisotopic (exact) mass is 414 g/mol. The summed E-state index contributed by atoms with van der Waals surface area (Å²) < 4.78 is 16.5. The summed E-state index contributed by atoms with van der Waals surface area (Å²) >= 11 is 0. The Bertz CT molecular complexity index is 876. The van der Waals surface area contributed by atoms with Crippen molar-refractivity contribution in [1.29, 1.82) is 0 Å². The maximum Gasteiger partial charge on any atom is 0.239 e. The third kappa shape index (κ3) is 4.28. The summed E-state index contributed by atoms with van der Waals surface area (Å²) in [5.41, 5.74) is 0.819. The molecule has 0 unspecified atom stereocenters. The van der Waals surface area contributed by atoms with Crippen LogP contribution in [0.5, 0.6) is 11.5 Å². The largest absolute Gasteiger partial charge is 0.493 e. The predicted octanol–water partition coefficient (Wildman–Crippen LogP) is 2.99. The molecular formula is C22H30N4O4. The molecule has 0 bridgehead atoms. The highest BCUT2D eigenvalue weighted by molar-refractivity contribution is 5.82. The van der Waals surface area contributed by atoms with E-state index in [1.807, 2.05) is 30.0 Å². The molecule has 2 fully saturated rings. The molecule has 1 N–H and O–H groups in total. The van der Waals surface area contributed by atoms with Crippen molar-refractivity contribution in [2.24, 2.45) is 0 Å². The maximum atomic E-state index is 12.7. The van der Waals surface area contributed by atoms with Crippen LogP contribution in [0, 0.1) is 0 Å². The second-order valence-corrected chi connectivity index (χ2v) is 8.05. The fourth-order valence-corrected chi connectivity index (χ4v) is 4.29. The number of likely N-dealkylation sites (tertiary alicyclic amines) is 1. The van der Waals surface area contributed by atoms with Crippen LogP contribution in [0.25, 0.3) is 11.4 Å². The van der Waals surface area contributed by atoms with Crippen molar-refractivity contribution >= 4 is 5.91 Å². The number of piperidine rings is 1. The molecular weight excluding hydrogens is 384 g/mol. The minimum Gasteiger partial charge on any atom is -0.493 e. The standard InChI is InChI=1S/C22H30N4O4/c1-4-29-18-8-6-16(13-19(18)28-3)20-24-21(30-25-20)15-9-11-26(12-10-15)22(27)17-7-5-14(2)23-17/h6,8,13-15,17,23H,4-5,7,9-12H2,1-3H3/t14-,17+/m0/s1. The van der Waals surface area contributed by atoms with E-state index in [-0.39, 0.29) is 17.9 Å². The summed E-state index contributed by atoms with van der Waals surface area (Å²) in [6.07, 6.45) is 3.66. The summed E-state index contributed by atoms with van der Waals surface area (Å²) in [5.74, 6) is 2.91. The second-order valence-electron chi connectivity index (χ2n) is 8.05. The van der Waals surface area contributed by atoms with E-state index in [0.29, 0.717) is 35.9 Å². The van der Waals surface area contributed by atoms with Crippen LogP contribution in [-0.4, -0.2) is 59.8 Å². The van der Waals surface area contributed by atoms with Crippen LogP contribution in [0.4, 0.5) is 0 Å². The smallest absolute Gasteiger partial charge is 0.239 e. The molecule has 162 valence electrons. The van der Waals surface area contributed by atoms with Gasteiger partial charge in [0.15, 0.2) is 11.5 Å². The van der Waals surface area contributed by atoms with E-state index < -0.39 is 0 Å². The molecule has 1 aromatic carbocycles. The highest BCUT2D eigenvalue weighted by Crippen LogP contribution is 2.33. The zero-order valence-corrected chi connectivity index (χ0v) is 17.9. The molecule has 3 heterocycles. The van der Waals surface area contributed by atoms with Gasteiger partial charge >= 0.3 is 0 Å². The zero-order chi connectivity index (χ0) is 21.1. The van der Waals surface area contributed by atoms with Gasteiger partial charge in [-0.3, -0.25) is 4.79 Å². The number of methoxy groups -OCH3 is 1. The first-order valence-electron chi connectivity index (χ1n) is 10.8. The Labute approximate surface area is 176 Å². The minimum atomic E-state index is -0.0267. The fourth-order valence-electron chi connectivity index (χ4n) is 4.29. The van der Waals surface area contributed by atoms with Gasteiger partial charge in [-0.1, -0.05) is 5.16 Å². The number of carbonyl (C=O) groups excluding carboxylic acids is 1. The first-order valence-corrected chi connectivity index (χ1v) is 10.8. The van der Waals surface area contributed by atoms with Crippen LogP contribution in [0.3, 0.4) is 0 Å². The Morgan fingerprint density at radius 2 is 2.03 bits per heavy atom. The van der Waals surface area contributed by atoms with Crippen LogP contribution in [0.1, 0.15) is 51.3 Å². The SMILES string of the molecule is CCOc1ccc(-c2noc(C3CCN(C(=O)[C@H]4CC[C@H](C)N4)CC3)n2)cc1OC. The van der Waals surface area contributed by atoms with Crippen molar-refractivity contribution in [1.82, 2.24) is 20.4 Å². The fraction of sp³-hybridized carbons (Fsp3) is 0.591. The average molecular weight is 415 g/mol. The predicted molar refractivity (Wildman–Crippen MR) is 112 cm³/mol. The Morgan fingerprint density at radius 3 is 2.70 bits per heavy atom. The minimum absolute atomic E-state index is 0.0267. The van der Waals surface area contributed by atoms with Gasteiger partial charge in [-0.05, 0) is 57.7 Å². The molecule has 0 spiro atoms. The Hall–Kier alpha value is -2.61. The second kappa shape index (κ2) is 9.04. The van der Waals surface area contributed by atoms with Crippen molar-refractivity contribution in [2.45, 2.75) is 57.5 Å². The highest BCUT2D eigenvalue weighted by Gasteiger charge is 2.33. The number of amides is 1. The van der Waals surface area contributed by atoms with Crippen LogP contribution in [-0.2, 0) is 4.79 Å². The summed E-state index contributed by atoms with van der Waals surface area (Å²) in [6, 6.07) is 6.02. The highest BCUT2D eigenvalue weighted by atomic mass is 16.5. The molecule has 30 heavy (non-hydrogen) atoms. The van der Waals surface area contributed by atoms with E-state index >= 15 is 0 Å². The van der Waals surface area contributed by atoms with Gasteiger partial charge in [0.05, 0.1) is 19.8 Å². The Balaban J connectivity index is 1.39. The molecule has 0 saturated carbocycles. The number of aromatic nitrogens is 2. The quantitative estimate of drug-likeness (QED) is 0.777. The van der Waals surface area contributed by atoms with Gasteiger partial charge in [-0.15, -0.1) is 0 Å². The normalized spacial score (nSPS) is 22.3. The van der Waals surface area contributed by atoms with Gasteiger partial charge in [0, 0.05) is 30.6 Å². The van der Waals surface area contributed by atoms with E-state index in [4.69, 9.17) is 14.0 Å². The van der Waals surface area contributed by atoms with Gasteiger partial charge < -0.3 is 24.2 Å². The molecule has 4 rings (SSSR count). The summed E-state index contributed by atoms with van der Waals surface area (Å²) in [5, 5.41) is 7.55. The van der Waals surface area contributed by atoms with E-state index in [1.165, 1.54) is 0 Å². The third-order valence-corrected chi connectivity index (χ3v) is 5.99. The molecule has 8 nitrogen and oxygen atoms in total. The summed E-state index contributed by atoms with van der Waals surface area (Å²) in [6.45, 7) is 6.09. The van der Waals surface area contributed by atoms with E-state index in [2.05, 4.69) is 22.4 Å². The van der Waals surface area contributed by atoms with Crippen LogP contribution in [0.15, 0.2) is 22.7 Å². The van der Waals surface area contributed by atoms with Crippen LogP contribution in [0.2, 0.25) is 0 Å². The first-order chi connectivity index (χ1) is 14.6. The number of hydrogen-bond donors (Lipinski definition) is 1. The number of carbonyl (C=O) groups is 1. The molecule has 0 radical (unpaired) electrons. The van der Waals surface area contributed by atoms with Crippen molar-refractivity contribution in [3.8, 4) is 22.9 Å². The lowest BCUT2D eigenvalue weighted by molar-refractivity contribution is -0.134. The number of nitrogens with zero attached hydrogens (tertiary/aromatic N) is 3. The van der Waals surface area contributed by atoms with Crippen LogP contribution < -0.4 is 14.8 Å². The number of nitrogens with one attached hydrogen (secondary N) is 1. The maximum absolute atomic E-state index is 12.7. The molecule has 2 aromatic rings. The molecule has 2 aliphatic heterocycles. The average Bonchev–Trinajstić information content (AvgIpc) is 3.43. The van der Waals surface area contributed by atoms with E-state index in [1.54, 1.807) is 7.11 Å². The van der Waals surface area contributed by atoms with Crippen molar-refractivity contribution < 1.29 is 18.8 Å². The van der Waals surface area contributed by atoms with E-state index in [9.17, 15) is 4.79 Å². The summed E-state index contributed by atoms with van der Waals surface area (Å²) in [4.78, 5) is 19.3. The molecule has 2 atom stereocenters. The topological polar surface area (TPSA) is 89.7 Å². The lowest BCUT2D eigenvalue weighted by atomic mass is 9.96. The summed E-state index contributed by atoms with van der Waals surface area (Å²) in [7, 11) is 1.61. The van der Waals surface area contributed by atoms with E-state index in [0.717, 1.165) is 44.3 Å². The number of benzene rings is 1.